The molecule has 1 N–H and O–H groups in total. The van der Waals surface area contributed by atoms with Gasteiger partial charge in [0.25, 0.3) is 0 Å². The maximum Gasteiger partial charge on any atom is 0.323 e. The van der Waals surface area contributed by atoms with Crippen molar-refractivity contribution in [2.24, 2.45) is 0 Å². The molecule has 7 heteroatoms. The van der Waals surface area contributed by atoms with E-state index in [4.69, 9.17) is 14.2 Å². The molecule has 118 valence electrons. The van der Waals surface area contributed by atoms with Crippen LogP contribution >= 0.6 is 0 Å². The number of carbonyl (C=O) groups excluding carboxylic acids is 2. The molecule has 1 unspecified atom stereocenters. The van der Waals surface area contributed by atoms with E-state index in [0.29, 0.717) is 36.9 Å². The summed E-state index contributed by atoms with van der Waals surface area (Å²) in [5.41, 5.74) is 0.612. The number of likely N-dealkylation sites (N-methyl/N-ethyl adjacent to an activating group) is 1. The van der Waals surface area contributed by atoms with E-state index in [1.54, 1.807) is 18.2 Å². The van der Waals surface area contributed by atoms with Gasteiger partial charge >= 0.3 is 5.97 Å². The fourth-order valence-corrected chi connectivity index (χ4v) is 2.62. The van der Waals surface area contributed by atoms with Crippen LogP contribution in [-0.4, -0.2) is 49.3 Å². The Kier molecular flexibility index (Phi) is 4.15. The van der Waals surface area contributed by atoms with Crippen LogP contribution < -0.4 is 14.8 Å². The largest absolute Gasteiger partial charge is 0.463 e. The van der Waals surface area contributed by atoms with Crippen molar-refractivity contribution >= 4 is 17.6 Å². The number of morpholine rings is 1. The molecule has 0 radical (unpaired) electrons. The molecule has 1 aromatic carbocycles. The first-order chi connectivity index (χ1) is 10.7. The van der Waals surface area contributed by atoms with Gasteiger partial charge in [-0.3, -0.25) is 14.5 Å². The zero-order chi connectivity index (χ0) is 15.5. The van der Waals surface area contributed by atoms with E-state index < -0.39 is 6.04 Å². The Labute approximate surface area is 128 Å². The first-order valence-electron chi connectivity index (χ1n) is 7.27. The third-order valence-electron chi connectivity index (χ3n) is 3.78. The fraction of sp³-hybridized carbons (Fsp3) is 0.467. The van der Waals surface area contributed by atoms with E-state index in [1.807, 2.05) is 11.8 Å². The summed E-state index contributed by atoms with van der Waals surface area (Å²) in [6.45, 7) is 3.89. The molecule has 2 heterocycles. The van der Waals surface area contributed by atoms with Gasteiger partial charge in [-0.25, -0.2) is 0 Å². The maximum atomic E-state index is 12.2. The van der Waals surface area contributed by atoms with Gasteiger partial charge in [0.05, 0.1) is 6.42 Å². The van der Waals surface area contributed by atoms with Crippen LogP contribution in [-0.2, 0) is 14.3 Å². The summed E-state index contributed by atoms with van der Waals surface area (Å²) in [7, 11) is 0. The molecule has 0 spiro atoms. The minimum Gasteiger partial charge on any atom is -0.463 e. The number of anilines is 1. The van der Waals surface area contributed by atoms with Gasteiger partial charge in [0, 0.05) is 18.3 Å². The van der Waals surface area contributed by atoms with Gasteiger partial charge in [0.1, 0.15) is 12.6 Å². The number of nitrogens with one attached hydrogen (secondary N) is 1. The van der Waals surface area contributed by atoms with Crippen molar-refractivity contribution in [1.29, 1.82) is 0 Å². The molecule has 2 aliphatic rings. The zero-order valence-electron chi connectivity index (χ0n) is 12.3. The van der Waals surface area contributed by atoms with Crippen molar-refractivity contribution in [1.82, 2.24) is 4.90 Å². The monoisotopic (exact) mass is 306 g/mol. The number of carbonyl (C=O) groups is 2. The average molecular weight is 306 g/mol. The SMILES string of the molecule is CCN1CCOC(=O)C1CC(=O)Nc1ccc2c(c1)OCO2. The zero-order valence-corrected chi connectivity index (χ0v) is 12.3. The second-order valence-electron chi connectivity index (χ2n) is 5.13. The summed E-state index contributed by atoms with van der Waals surface area (Å²) >= 11 is 0. The Morgan fingerprint density at radius 2 is 2.14 bits per heavy atom. The first kappa shape index (κ1) is 14.6. The van der Waals surface area contributed by atoms with Crippen molar-refractivity contribution in [3.05, 3.63) is 18.2 Å². The normalized spacial score (nSPS) is 20.6. The molecule has 1 aromatic rings. The molecule has 3 rings (SSSR count). The molecule has 7 nitrogen and oxygen atoms in total. The van der Waals surface area contributed by atoms with Gasteiger partial charge in [0.15, 0.2) is 11.5 Å². The van der Waals surface area contributed by atoms with E-state index >= 15 is 0 Å². The number of rotatable bonds is 4. The second-order valence-corrected chi connectivity index (χ2v) is 5.13. The quantitative estimate of drug-likeness (QED) is 0.836. The summed E-state index contributed by atoms with van der Waals surface area (Å²) < 4.78 is 15.5. The summed E-state index contributed by atoms with van der Waals surface area (Å²) in [6, 6.07) is 4.66. The molecule has 0 bridgehead atoms. The third-order valence-corrected chi connectivity index (χ3v) is 3.78. The summed E-state index contributed by atoms with van der Waals surface area (Å²) in [5.74, 6) is 0.686. The van der Waals surface area contributed by atoms with Crippen molar-refractivity contribution < 1.29 is 23.8 Å². The fourth-order valence-electron chi connectivity index (χ4n) is 2.62. The smallest absolute Gasteiger partial charge is 0.323 e. The van der Waals surface area contributed by atoms with Crippen LogP contribution in [0.5, 0.6) is 11.5 Å². The number of esters is 1. The topological polar surface area (TPSA) is 77.1 Å². The number of hydrogen-bond donors (Lipinski definition) is 1. The van der Waals surface area contributed by atoms with Crippen LogP contribution in [0.15, 0.2) is 18.2 Å². The van der Waals surface area contributed by atoms with Crippen molar-refractivity contribution in [2.75, 3.05) is 31.8 Å². The standard InChI is InChI=1S/C15H18N2O5/c1-2-17-5-6-20-15(19)11(17)8-14(18)16-10-3-4-12-13(7-10)22-9-21-12/h3-4,7,11H,2,5-6,8-9H2,1H3,(H,16,18). The third kappa shape index (κ3) is 2.99. The summed E-state index contributed by atoms with van der Waals surface area (Å²) in [5, 5.41) is 2.78. The molecule has 0 aromatic heterocycles. The van der Waals surface area contributed by atoms with Gasteiger partial charge in [-0.05, 0) is 18.7 Å². The van der Waals surface area contributed by atoms with Crippen LogP contribution in [0, 0.1) is 0 Å². The predicted molar refractivity (Wildman–Crippen MR) is 77.8 cm³/mol. The summed E-state index contributed by atoms with van der Waals surface area (Å²) in [6.07, 6.45) is 0.0706. The molecule has 0 aliphatic carbocycles. The lowest BCUT2D eigenvalue weighted by molar-refractivity contribution is -0.158. The Bertz CT molecular complexity index is 589. The highest BCUT2D eigenvalue weighted by Crippen LogP contribution is 2.34. The highest BCUT2D eigenvalue weighted by Gasteiger charge is 2.32. The number of amides is 1. The molecular weight excluding hydrogens is 288 g/mol. The number of hydrogen-bond acceptors (Lipinski definition) is 6. The van der Waals surface area contributed by atoms with Crippen molar-refractivity contribution in [2.45, 2.75) is 19.4 Å². The van der Waals surface area contributed by atoms with Gasteiger partial charge in [-0.1, -0.05) is 6.92 Å². The van der Waals surface area contributed by atoms with E-state index in [-0.39, 0.29) is 25.1 Å². The highest BCUT2D eigenvalue weighted by atomic mass is 16.7. The highest BCUT2D eigenvalue weighted by molar-refractivity contribution is 5.94. The van der Waals surface area contributed by atoms with Crippen molar-refractivity contribution in [3.8, 4) is 11.5 Å². The van der Waals surface area contributed by atoms with Crippen LogP contribution in [0.1, 0.15) is 13.3 Å². The number of nitrogens with zero attached hydrogens (tertiary/aromatic N) is 1. The van der Waals surface area contributed by atoms with E-state index in [0.717, 1.165) is 0 Å². The van der Waals surface area contributed by atoms with Crippen molar-refractivity contribution in [3.63, 3.8) is 0 Å². The van der Waals surface area contributed by atoms with Crippen LogP contribution in [0.2, 0.25) is 0 Å². The Hall–Kier alpha value is -2.28. The van der Waals surface area contributed by atoms with Crippen LogP contribution in [0.4, 0.5) is 5.69 Å². The molecular formula is C15H18N2O5. The Morgan fingerprint density at radius 3 is 2.95 bits per heavy atom. The maximum absolute atomic E-state index is 12.2. The number of ether oxygens (including phenoxy) is 3. The van der Waals surface area contributed by atoms with E-state index in [1.165, 1.54) is 0 Å². The molecule has 0 saturated carbocycles. The van der Waals surface area contributed by atoms with Gasteiger partial charge in [-0.15, -0.1) is 0 Å². The average Bonchev–Trinajstić information content (AvgIpc) is 2.97. The lowest BCUT2D eigenvalue weighted by atomic mass is 10.1. The van der Waals surface area contributed by atoms with E-state index in [9.17, 15) is 9.59 Å². The number of fused-ring (bicyclic) bond motifs is 1. The minimum absolute atomic E-state index is 0.0706. The molecule has 2 aliphatic heterocycles. The second kappa shape index (κ2) is 6.23. The summed E-state index contributed by atoms with van der Waals surface area (Å²) in [4.78, 5) is 25.9. The molecule has 1 atom stereocenters. The Morgan fingerprint density at radius 1 is 1.32 bits per heavy atom. The first-order valence-corrected chi connectivity index (χ1v) is 7.27. The van der Waals surface area contributed by atoms with Gasteiger partial charge in [0.2, 0.25) is 12.7 Å². The molecule has 1 saturated heterocycles. The minimum atomic E-state index is -0.521. The number of benzene rings is 1. The van der Waals surface area contributed by atoms with Crippen LogP contribution in [0.25, 0.3) is 0 Å². The lowest BCUT2D eigenvalue weighted by Gasteiger charge is -2.32. The van der Waals surface area contributed by atoms with Crippen LogP contribution in [0.3, 0.4) is 0 Å². The molecule has 1 amide bonds. The van der Waals surface area contributed by atoms with E-state index in [2.05, 4.69) is 5.32 Å². The predicted octanol–water partition coefficient (Wildman–Crippen LogP) is 0.991. The van der Waals surface area contributed by atoms with Gasteiger partial charge < -0.3 is 19.5 Å². The lowest BCUT2D eigenvalue weighted by Crippen LogP contribution is -2.50. The number of cyclic esters (lactones) is 1. The van der Waals surface area contributed by atoms with Gasteiger partial charge in [-0.2, -0.15) is 0 Å². The molecule has 22 heavy (non-hydrogen) atoms. The Balaban J connectivity index is 1.63. The molecule has 1 fully saturated rings.